The van der Waals surface area contributed by atoms with Gasteiger partial charge in [-0.15, -0.1) is 5.10 Å². The predicted octanol–water partition coefficient (Wildman–Crippen LogP) is 7.11. The normalized spacial score (nSPS) is 15.7. The van der Waals surface area contributed by atoms with Crippen LogP contribution in [0.5, 0.6) is 0 Å². The van der Waals surface area contributed by atoms with Crippen molar-refractivity contribution in [2.45, 2.75) is 84.4 Å². The molecule has 2 unspecified atom stereocenters. The number of aromatic amines is 1. The summed E-state index contributed by atoms with van der Waals surface area (Å²) in [6, 6.07) is 24.0. The first kappa shape index (κ1) is 33.1. The highest BCUT2D eigenvalue weighted by atomic mass is 16.5. The average Bonchev–Trinajstić information content (AvgIpc) is 3.74. The standard InChI is InChI=1S/C38H44N6O4/c1-4-6-7-15-35-34(23-27-17-19-29(20-18-27)32-13-8-9-14-33(32)36-39-41-42-40-36)37(45)44-31(21-16-26(3)43(35)44)25-47-24-28-11-10-12-30(22-28)38(46)48-5-2/h8-14,17-20,22,26,31H,4-7,15-16,21,23-25H2,1-3H3,(H,39,40,41,42). The minimum absolute atomic E-state index is 0.0647. The summed E-state index contributed by atoms with van der Waals surface area (Å²) in [4.78, 5) is 26.5. The molecule has 1 aliphatic rings. The van der Waals surface area contributed by atoms with Crippen LogP contribution in [0.4, 0.5) is 0 Å². The van der Waals surface area contributed by atoms with Crippen LogP contribution in [0.1, 0.15) is 97.7 Å². The van der Waals surface area contributed by atoms with Gasteiger partial charge in [-0.3, -0.25) is 9.48 Å². The number of fused-ring (bicyclic) bond motifs is 1. The van der Waals surface area contributed by atoms with Crippen LogP contribution in [0.15, 0.2) is 77.6 Å². The lowest BCUT2D eigenvalue weighted by Crippen LogP contribution is -2.36. The third kappa shape index (κ3) is 7.18. The number of aromatic nitrogens is 6. The van der Waals surface area contributed by atoms with E-state index in [0.717, 1.165) is 77.6 Å². The Labute approximate surface area is 281 Å². The second-order valence-corrected chi connectivity index (χ2v) is 12.6. The van der Waals surface area contributed by atoms with Gasteiger partial charge in [0.25, 0.3) is 5.56 Å². The molecule has 10 heteroatoms. The predicted molar refractivity (Wildman–Crippen MR) is 185 cm³/mol. The van der Waals surface area contributed by atoms with Gasteiger partial charge < -0.3 is 9.47 Å². The van der Waals surface area contributed by atoms with E-state index >= 15 is 0 Å². The van der Waals surface area contributed by atoms with Crippen molar-refractivity contribution in [2.75, 3.05) is 13.2 Å². The van der Waals surface area contributed by atoms with Crippen molar-refractivity contribution in [3.05, 3.63) is 111 Å². The van der Waals surface area contributed by atoms with Gasteiger partial charge in [0.05, 0.1) is 31.4 Å². The van der Waals surface area contributed by atoms with E-state index in [0.29, 0.717) is 37.6 Å². The molecule has 5 aromatic rings. The number of nitrogens with one attached hydrogen (secondary N) is 1. The van der Waals surface area contributed by atoms with Gasteiger partial charge in [0.15, 0.2) is 5.82 Å². The molecule has 0 spiro atoms. The number of hydrogen-bond donors (Lipinski definition) is 1. The van der Waals surface area contributed by atoms with Crippen molar-refractivity contribution in [1.29, 1.82) is 0 Å². The number of benzene rings is 3. The van der Waals surface area contributed by atoms with Gasteiger partial charge in [-0.05, 0) is 84.3 Å². The van der Waals surface area contributed by atoms with Crippen LogP contribution >= 0.6 is 0 Å². The summed E-state index contributed by atoms with van der Waals surface area (Å²) in [6.07, 6.45) is 6.59. The lowest BCUT2D eigenvalue weighted by Gasteiger charge is -2.32. The number of nitrogens with zero attached hydrogens (tertiary/aromatic N) is 5. The molecule has 1 N–H and O–H groups in total. The minimum atomic E-state index is -0.337. The molecule has 48 heavy (non-hydrogen) atoms. The Morgan fingerprint density at radius 1 is 0.938 bits per heavy atom. The molecule has 10 nitrogen and oxygen atoms in total. The number of rotatable bonds is 14. The Morgan fingerprint density at radius 3 is 2.50 bits per heavy atom. The van der Waals surface area contributed by atoms with E-state index in [4.69, 9.17) is 9.47 Å². The second kappa shape index (κ2) is 15.4. The lowest BCUT2D eigenvalue weighted by atomic mass is 9.96. The van der Waals surface area contributed by atoms with Crippen LogP contribution in [-0.4, -0.2) is 49.2 Å². The maximum absolute atomic E-state index is 14.3. The van der Waals surface area contributed by atoms with Crippen molar-refractivity contribution in [3.63, 3.8) is 0 Å². The Hall–Kier alpha value is -4.83. The molecule has 3 heterocycles. The summed E-state index contributed by atoms with van der Waals surface area (Å²) >= 11 is 0. The number of unbranched alkanes of at least 4 members (excludes halogenated alkanes) is 2. The third-order valence-corrected chi connectivity index (χ3v) is 9.21. The highest BCUT2D eigenvalue weighted by Gasteiger charge is 2.31. The van der Waals surface area contributed by atoms with Gasteiger partial charge in [-0.25, -0.2) is 14.6 Å². The van der Waals surface area contributed by atoms with Crippen molar-refractivity contribution < 1.29 is 14.3 Å². The molecule has 0 radical (unpaired) electrons. The fourth-order valence-corrected chi connectivity index (χ4v) is 6.80. The van der Waals surface area contributed by atoms with E-state index in [-0.39, 0.29) is 23.6 Å². The zero-order valence-corrected chi connectivity index (χ0v) is 28.0. The number of tetrazole rings is 1. The number of H-pyrrole nitrogens is 1. The van der Waals surface area contributed by atoms with Crippen molar-refractivity contribution in [2.24, 2.45) is 0 Å². The zero-order valence-electron chi connectivity index (χ0n) is 28.0. The number of carbonyl (C=O) groups is 1. The smallest absolute Gasteiger partial charge is 0.338 e. The van der Waals surface area contributed by atoms with E-state index in [9.17, 15) is 9.59 Å². The molecule has 0 fully saturated rings. The lowest BCUT2D eigenvalue weighted by molar-refractivity contribution is 0.0524. The molecular weight excluding hydrogens is 604 g/mol. The maximum atomic E-state index is 14.3. The van der Waals surface area contributed by atoms with Crippen LogP contribution in [-0.2, 0) is 28.9 Å². The van der Waals surface area contributed by atoms with Crippen LogP contribution in [0.2, 0.25) is 0 Å². The fraction of sp³-hybridized carbons (Fsp3) is 0.395. The average molecular weight is 649 g/mol. The largest absolute Gasteiger partial charge is 0.462 e. The van der Waals surface area contributed by atoms with Crippen molar-refractivity contribution >= 4 is 5.97 Å². The molecule has 2 atom stereocenters. The minimum Gasteiger partial charge on any atom is -0.462 e. The van der Waals surface area contributed by atoms with Gasteiger partial charge in [-0.1, -0.05) is 80.4 Å². The van der Waals surface area contributed by atoms with Crippen LogP contribution < -0.4 is 5.56 Å². The Balaban J connectivity index is 1.24. The molecular formula is C38H44N6O4. The van der Waals surface area contributed by atoms with Crippen LogP contribution in [0, 0.1) is 0 Å². The van der Waals surface area contributed by atoms with Crippen LogP contribution in [0.3, 0.4) is 0 Å². The molecule has 3 aromatic carbocycles. The summed E-state index contributed by atoms with van der Waals surface area (Å²) in [7, 11) is 0. The Morgan fingerprint density at radius 2 is 1.75 bits per heavy atom. The highest BCUT2D eigenvalue weighted by Crippen LogP contribution is 2.33. The Kier molecular flexibility index (Phi) is 10.6. The first-order valence-corrected chi connectivity index (χ1v) is 17.1. The molecule has 250 valence electrons. The van der Waals surface area contributed by atoms with E-state index in [1.165, 1.54) is 0 Å². The summed E-state index contributed by atoms with van der Waals surface area (Å²) in [5, 5.41) is 14.5. The second-order valence-electron chi connectivity index (χ2n) is 12.6. The van der Waals surface area contributed by atoms with E-state index in [1.54, 1.807) is 13.0 Å². The van der Waals surface area contributed by atoms with Crippen LogP contribution in [0.25, 0.3) is 22.5 Å². The van der Waals surface area contributed by atoms with Gasteiger partial charge in [-0.2, -0.15) is 0 Å². The van der Waals surface area contributed by atoms with E-state index < -0.39 is 0 Å². The van der Waals surface area contributed by atoms with E-state index in [2.05, 4.69) is 69.5 Å². The molecule has 2 aromatic heterocycles. The number of esters is 1. The first-order valence-electron chi connectivity index (χ1n) is 17.1. The van der Waals surface area contributed by atoms with Crippen molar-refractivity contribution in [3.8, 4) is 22.5 Å². The maximum Gasteiger partial charge on any atom is 0.338 e. The molecule has 0 amide bonds. The summed E-state index contributed by atoms with van der Waals surface area (Å²) in [5.41, 5.74) is 7.65. The summed E-state index contributed by atoms with van der Waals surface area (Å²) in [5.74, 6) is 0.285. The Bertz CT molecular complexity index is 1880. The topological polar surface area (TPSA) is 117 Å². The van der Waals surface area contributed by atoms with Gasteiger partial charge >= 0.3 is 5.97 Å². The molecule has 0 saturated carbocycles. The molecule has 0 saturated heterocycles. The van der Waals surface area contributed by atoms with Gasteiger partial charge in [0.1, 0.15) is 0 Å². The first-order chi connectivity index (χ1) is 23.5. The summed E-state index contributed by atoms with van der Waals surface area (Å²) < 4.78 is 15.6. The number of ether oxygens (including phenoxy) is 2. The van der Waals surface area contributed by atoms with Crippen molar-refractivity contribution in [1.82, 2.24) is 30.0 Å². The molecule has 1 aliphatic heterocycles. The monoisotopic (exact) mass is 648 g/mol. The third-order valence-electron chi connectivity index (χ3n) is 9.21. The summed E-state index contributed by atoms with van der Waals surface area (Å²) in [6.45, 7) is 7.33. The quantitative estimate of drug-likeness (QED) is 0.101. The van der Waals surface area contributed by atoms with E-state index in [1.807, 2.05) is 41.1 Å². The number of hydrogen-bond acceptors (Lipinski definition) is 7. The van der Waals surface area contributed by atoms with Gasteiger partial charge in [0, 0.05) is 29.3 Å². The highest BCUT2D eigenvalue weighted by molar-refractivity contribution is 5.89. The fourth-order valence-electron chi connectivity index (χ4n) is 6.80. The SMILES string of the molecule is CCCCCc1c(Cc2ccc(-c3ccccc3-c3nnn[nH]3)cc2)c(=O)n2n1C(C)CCC2COCc1cccc(C(=O)OCC)c1. The molecule has 0 aliphatic carbocycles. The van der Waals surface area contributed by atoms with Gasteiger partial charge in [0.2, 0.25) is 0 Å². The molecule has 6 rings (SSSR count). The molecule has 0 bridgehead atoms. The zero-order chi connectivity index (χ0) is 33.5. The number of carbonyl (C=O) groups excluding carboxylic acids is 1.